The lowest BCUT2D eigenvalue weighted by atomic mass is 10.1. The van der Waals surface area contributed by atoms with E-state index in [4.69, 9.17) is 19.3 Å². The Kier molecular flexibility index (Phi) is 14.5. The Balaban J connectivity index is 0.000000524. The number of hydrogen-bond donors (Lipinski definition) is 1. The maximum absolute atomic E-state index is 10.5. The van der Waals surface area contributed by atoms with Gasteiger partial charge in [-0.25, -0.2) is 0 Å². The lowest BCUT2D eigenvalue weighted by Gasteiger charge is -2.13. The minimum Gasteiger partial charge on any atom is -0.497 e. The molecule has 201 valence electrons. The van der Waals surface area contributed by atoms with Gasteiger partial charge in [-0.2, -0.15) is 0 Å². The average molecular weight is 540 g/mol. The SMILES string of the molecule is CC(C)N=Cc1ccoc1[Si](C)(C)C.COc1ccc([C@H](C)N)cc1.C[Si](C)(C)c1occc1C=O.[B]. The van der Waals surface area contributed by atoms with Crippen molar-refractivity contribution in [3.05, 3.63) is 65.6 Å². The smallest absolute Gasteiger partial charge is 0.153 e. The minimum atomic E-state index is -1.44. The molecule has 0 spiro atoms. The third-order valence-corrected chi connectivity index (χ3v) is 8.57. The monoisotopic (exact) mass is 539 g/mol. The van der Waals surface area contributed by atoms with Gasteiger partial charge in [-0.15, -0.1) is 0 Å². The molecule has 3 rings (SSSR count). The first-order valence-corrected chi connectivity index (χ1v) is 19.2. The zero-order chi connectivity index (χ0) is 27.5. The highest BCUT2D eigenvalue weighted by Gasteiger charge is 2.24. The second-order valence-corrected chi connectivity index (χ2v) is 20.9. The van der Waals surface area contributed by atoms with Crippen molar-refractivity contribution >= 4 is 47.8 Å². The summed E-state index contributed by atoms with van der Waals surface area (Å²) in [6, 6.07) is 11.9. The molecular formula is C28H44BN2O4Si2. The molecule has 1 aromatic carbocycles. The Bertz CT molecular complexity index is 1080. The highest BCUT2D eigenvalue weighted by molar-refractivity contribution is 6.88. The van der Waals surface area contributed by atoms with Gasteiger partial charge in [0.05, 0.1) is 36.0 Å². The van der Waals surface area contributed by atoms with Gasteiger partial charge < -0.3 is 19.3 Å². The summed E-state index contributed by atoms with van der Waals surface area (Å²) in [6.07, 6.45) is 6.13. The lowest BCUT2D eigenvalue weighted by molar-refractivity contribution is 0.112. The fourth-order valence-corrected chi connectivity index (χ4v) is 6.05. The van der Waals surface area contributed by atoms with E-state index in [0.29, 0.717) is 11.6 Å². The van der Waals surface area contributed by atoms with Crippen LogP contribution in [0.5, 0.6) is 5.75 Å². The maximum Gasteiger partial charge on any atom is 0.153 e. The van der Waals surface area contributed by atoms with Gasteiger partial charge in [-0.05, 0) is 50.6 Å². The van der Waals surface area contributed by atoms with Crippen molar-refractivity contribution in [1.82, 2.24) is 0 Å². The number of nitrogens with zero attached hydrogens (tertiary/aromatic N) is 1. The Hall–Kier alpha value is -2.62. The molecule has 9 heteroatoms. The predicted molar refractivity (Wildman–Crippen MR) is 163 cm³/mol. The van der Waals surface area contributed by atoms with Gasteiger partial charge in [0, 0.05) is 32.3 Å². The van der Waals surface area contributed by atoms with Crippen molar-refractivity contribution < 1.29 is 18.4 Å². The van der Waals surface area contributed by atoms with E-state index < -0.39 is 16.1 Å². The molecule has 0 amide bonds. The van der Waals surface area contributed by atoms with E-state index in [-0.39, 0.29) is 14.5 Å². The van der Waals surface area contributed by atoms with Crippen molar-refractivity contribution in [1.29, 1.82) is 0 Å². The van der Waals surface area contributed by atoms with E-state index in [1.54, 1.807) is 25.7 Å². The van der Waals surface area contributed by atoms with Crippen LogP contribution < -0.4 is 21.2 Å². The molecule has 0 aliphatic rings. The van der Waals surface area contributed by atoms with E-state index in [2.05, 4.69) is 58.1 Å². The molecule has 0 saturated carbocycles. The Morgan fingerprint density at radius 1 is 0.838 bits per heavy atom. The Labute approximate surface area is 227 Å². The average Bonchev–Trinajstić information content (AvgIpc) is 3.47. The van der Waals surface area contributed by atoms with Crippen molar-refractivity contribution in [2.75, 3.05) is 7.11 Å². The van der Waals surface area contributed by atoms with E-state index in [1.807, 2.05) is 43.5 Å². The van der Waals surface area contributed by atoms with Gasteiger partial charge in [-0.1, -0.05) is 51.4 Å². The van der Waals surface area contributed by atoms with Crippen LogP contribution in [-0.4, -0.2) is 50.2 Å². The van der Waals surface area contributed by atoms with E-state index in [0.717, 1.165) is 33.9 Å². The normalized spacial score (nSPS) is 12.1. The molecule has 0 unspecified atom stereocenters. The van der Waals surface area contributed by atoms with Gasteiger partial charge in [0.2, 0.25) is 0 Å². The first-order valence-electron chi connectivity index (χ1n) is 12.2. The first kappa shape index (κ1) is 34.4. The molecular weight excluding hydrogens is 495 g/mol. The summed E-state index contributed by atoms with van der Waals surface area (Å²) in [5.74, 6) is 0.870. The second-order valence-electron chi connectivity index (χ2n) is 11.0. The standard InChI is InChI=1S/C11H19NOSi.C9H13NO.C8H12O2Si.B/c1-9(2)12-8-10-6-7-13-11(10)14(3,4)5;1-7(10)8-3-5-9(11-2)6-4-8;1-11(2,3)8-7(6-9)4-5-10-8;/h6-9H,1-5H3;3-7H,10H2,1-2H3;4-6H,1-3H3;/t;7-;;/m.0../s1. The number of carbonyl (C=O) groups is 1. The van der Waals surface area contributed by atoms with Crippen LogP contribution in [0.3, 0.4) is 0 Å². The van der Waals surface area contributed by atoms with E-state index in [1.165, 1.54) is 0 Å². The lowest BCUT2D eigenvalue weighted by Crippen LogP contribution is -2.38. The topological polar surface area (TPSA) is 91.0 Å². The van der Waals surface area contributed by atoms with Gasteiger partial charge in [-0.3, -0.25) is 9.79 Å². The summed E-state index contributed by atoms with van der Waals surface area (Å²) in [5, 5.41) is 2.04. The van der Waals surface area contributed by atoms with Crippen LogP contribution in [0.1, 0.15) is 48.3 Å². The number of carbonyl (C=O) groups excluding carboxylic acids is 1. The Morgan fingerprint density at radius 2 is 1.30 bits per heavy atom. The highest BCUT2D eigenvalue weighted by atomic mass is 28.3. The first-order chi connectivity index (χ1) is 16.7. The largest absolute Gasteiger partial charge is 0.497 e. The van der Waals surface area contributed by atoms with Gasteiger partial charge in [0.1, 0.15) is 21.9 Å². The molecule has 2 aromatic heterocycles. The molecule has 37 heavy (non-hydrogen) atoms. The fraction of sp³-hybridized carbons (Fsp3) is 0.429. The maximum atomic E-state index is 10.5. The molecule has 0 bridgehead atoms. The van der Waals surface area contributed by atoms with Crippen LogP contribution in [0.25, 0.3) is 0 Å². The molecule has 0 aliphatic heterocycles. The van der Waals surface area contributed by atoms with Crippen LogP contribution in [0.15, 0.2) is 62.8 Å². The fourth-order valence-electron chi connectivity index (χ4n) is 3.19. The summed E-state index contributed by atoms with van der Waals surface area (Å²) in [4.78, 5) is 14.9. The van der Waals surface area contributed by atoms with Gasteiger partial charge in [0.15, 0.2) is 6.29 Å². The summed E-state index contributed by atoms with van der Waals surface area (Å²) in [7, 11) is -1.15. The van der Waals surface area contributed by atoms with Gasteiger partial charge >= 0.3 is 0 Å². The number of hydrogen-bond acceptors (Lipinski definition) is 6. The highest BCUT2D eigenvalue weighted by Crippen LogP contribution is 2.15. The summed E-state index contributed by atoms with van der Waals surface area (Å²) in [6.45, 7) is 19.4. The van der Waals surface area contributed by atoms with Crippen LogP contribution in [0.4, 0.5) is 0 Å². The number of benzene rings is 1. The number of rotatable bonds is 7. The molecule has 2 N–H and O–H groups in total. The number of ether oxygens (including phenoxy) is 1. The minimum absolute atomic E-state index is 0. The van der Waals surface area contributed by atoms with Crippen molar-refractivity contribution in [3.63, 3.8) is 0 Å². The molecule has 1 atom stereocenters. The molecule has 6 nitrogen and oxygen atoms in total. The van der Waals surface area contributed by atoms with Crippen LogP contribution in [0.2, 0.25) is 39.3 Å². The molecule has 3 radical (unpaired) electrons. The molecule has 0 fully saturated rings. The van der Waals surface area contributed by atoms with Crippen molar-refractivity contribution in [3.8, 4) is 5.75 Å². The zero-order valence-corrected chi connectivity index (χ0v) is 26.2. The number of aliphatic imine (C=N–C) groups is 1. The number of nitrogens with two attached hydrogens (primary N) is 1. The van der Waals surface area contributed by atoms with Crippen LogP contribution in [0, 0.1) is 0 Å². The zero-order valence-electron chi connectivity index (χ0n) is 24.2. The molecule has 0 saturated heterocycles. The second kappa shape index (κ2) is 15.6. The summed E-state index contributed by atoms with van der Waals surface area (Å²) in [5.41, 5.74) is 8.66. The van der Waals surface area contributed by atoms with E-state index >= 15 is 0 Å². The number of aldehydes is 1. The summed E-state index contributed by atoms with van der Waals surface area (Å²) < 4.78 is 15.8. The van der Waals surface area contributed by atoms with Crippen LogP contribution in [-0.2, 0) is 0 Å². The third-order valence-electron chi connectivity index (χ3n) is 5.03. The molecule has 3 aromatic rings. The molecule has 0 aliphatic carbocycles. The number of furan rings is 2. The summed E-state index contributed by atoms with van der Waals surface area (Å²) >= 11 is 0. The quantitative estimate of drug-likeness (QED) is 0.239. The molecule has 2 heterocycles. The third kappa shape index (κ3) is 12.0. The predicted octanol–water partition coefficient (Wildman–Crippen LogP) is 5.62. The van der Waals surface area contributed by atoms with E-state index in [9.17, 15) is 4.79 Å². The van der Waals surface area contributed by atoms with Crippen molar-refractivity contribution in [2.45, 2.75) is 72.1 Å². The Morgan fingerprint density at radius 3 is 1.65 bits per heavy atom. The van der Waals surface area contributed by atoms with Crippen LogP contribution >= 0.6 is 0 Å². The van der Waals surface area contributed by atoms with Gasteiger partial charge in [0.25, 0.3) is 0 Å². The number of methoxy groups -OCH3 is 1. The van der Waals surface area contributed by atoms with Crippen molar-refractivity contribution in [2.24, 2.45) is 10.7 Å².